The van der Waals surface area contributed by atoms with E-state index in [9.17, 15) is 4.79 Å². The molecule has 4 heteroatoms. The first-order valence-electron chi connectivity index (χ1n) is 8.16. The lowest BCUT2D eigenvalue weighted by Crippen LogP contribution is -2.25. The zero-order valence-electron chi connectivity index (χ0n) is 14.1. The van der Waals surface area contributed by atoms with Gasteiger partial charge in [-0.2, -0.15) is 0 Å². The van der Waals surface area contributed by atoms with Gasteiger partial charge in [0.15, 0.2) is 0 Å². The molecule has 0 aliphatic carbocycles. The minimum Gasteiger partial charge on any atom is -0.356 e. The molecule has 0 aliphatic heterocycles. The van der Waals surface area contributed by atoms with Crippen LogP contribution in [0.5, 0.6) is 0 Å². The largest absolute Gasteiger partial charge is 0.356 e. The standard InChI is InChI=1S/C16H35N3O/c1-5-6-12-17-16(20)11-8-7-9-14-19(4)15-10-13-18(2)3/h5-15H2,1-4H3,(H,17,20). The Kier molecular flexibility index (Phi) is 13.0. The van der Waals surface area contributed by atoms with Crippen LogP contribution in [0.3, 0.4) is 0 Å². The van der Waals surface area contributed by atoms with Crippen molar-refractivity contribution in [3.63, 3.8) is 0 Å². The maximum atomic E-state index is 11.5. The molecule has 20 heavy (non-hydrogen) atoms. The molecule has 0 aromatic heterocycles. The molecule has 0 atom stereocenters. The fraction of sp³-hybridized carbons (Fsp3) is 0.938. The SMILES string of the molecule is CCCCNC(=O)CCCCCN(C)CCCN(C)C. The van der Waals surface area contributed by atoms with Crippen LogP contribution in [-0.4, -0.2) is 63.0 Å². The van der Waals surface area contributed by atoms with Crippen LogP contribution in [0.25, 0.3) is 0 Å². The Hall–Kier alpha value is -0.610. The fourth-order valence-electron chi connectivity index (χ4n) is 2.11. The van der Waals surface area contributed by atoms with Gasteiger partial charge < -0.3 is 15.1 Å². The molecule has 4 nitrogen and oxygen atoms in total. The van der Waals surface area contributed by atoms with Crippen LogP contribution in [-0.2, 0) is 4.79 Å². The first-order valence-corrected chi connectivity index (χ1v) is 8.16. The molecule has 0 heterocycles. The highest BCUT2D eigenvalue weighted by Crippen LogP contribution is 2.02. The first-order chi connectivity index (χ1) is 9.56. The van der Waals surface area contributed by atoms with E-state index in [1.165, 1.54) is 12.8 Å². The van der Waals surface area contributed by atoms with Crippen molar-refractivity contribution in [3.8, 4) is 0 Å². The van der Waals surface area contributed by atoms with E-state index in [2.05, 4.69) is 43.2 Å². The Balaban J connectivity index is 3.32. The Morgan fingerprint density at radius 2 is 1.60 bits per heavy atom. The molecular formula is C16H35N3O. The smallest absolute Gasteiger partial charge is 0.219 e. The third-order valence-electron chi connectivity index (χ3n) is 3.44. The second kappa shape index (κ2) is 13.4. The molecule has 0 aromatic carbocycles. The second-order valence-electron chi connectivity index (χ2n) is 5.97. The zero-order chi connectivity index (χ0) is 15.2. The van der Waals surface area contributed by atoms with Gasteiger partial charge in [-0.25, -0.2) is 0 Å². The summed E-state index contributed by atoms with van der Waals surface area (Å²) in [5.41, 5.74) is 0. The number of nitrogens with zero attached hydrogens (tertiary/aromatic N) is 2. The second-order valence-corrected chi connectivity index (χ2v) is 5.97. The summed E-state index contributed by atoms with van der Waals surface area (Å²) in [6.07, 6.45) is 7.50. The molecule has 0 radical (unpaired) electrons. The van der Waals surface area contributed by atoms with Crippen LogP contribution in [0.15, 0.2) is 0 Å². The van der Waals surface area contributed by atoms with E-state index in [1.54, 1.807) is 0 Å². The third kappa shape index (κ3) is 13.8. The minimum atomic E-state index is 0.220. The van der Waals surface area contributed by atoms with Crippen LogP contribution in [0.1, 0.15) is 51.9 Å². The van der Waals surface area contributed by atoms with Crippen LogP contribution in [0.2, 0.25) is 0 Å². The average Bonchev–Trinajstić information content (AvgIpc) is 2.38. The summed E-state index contributed by atoms with van der Waals surface area (Å²) < 4.78 is 0. The number of rotatable bonds is 13. The normalized spacial score (nSPS) is 11.3. The highest BCUT2D eigenvalue weighted by molar-refractivity contribution is 5.75. The number of hydrogen-bond donors (Lipinski definition) is 1. The van der Waals surface area contributed by atoms with Crippen LogP contribution >= 0.6 is 0 Å². The zero-order valence-corrected chi connectivity index (χ0v) is 14.1. The topological polar surface area (TPSA) is 35.6 Å². The Bertz CT molecular complexity index is 232. The fourth-order valence-corrected chi connectivity index (χ4v) is 2.11. The van der Waals surface area contributed by atoms with E-state index in [-0.39, 0.29) is 5.91 Å². The number of carbonyl (C=O) groups is 1. The highest BCUT2D eigenvalue weighted by atomic mass is 16.1. The molecule has 1 N–H and O–H groups in total. The van der Waals surface area contributed by atoms with E-state index in [0.717, 1.165) is 51.9 Å². The lowest BCUT2D eigenvalue weighted by atomic mass is 10.2. The van der Waals surface area contributed by atoms with Crippen molar-refractivity contribution in [2.75, 3.05) is 47.3 Å². The maximum absolute atomic E-state index is 11.5. The first kappa shape index (κ1) is 19.4. The molecule has 0 rings (SSSR count). The summed E-state index contributed by atoms with van der Waals surface area (Å²) in [7, 11) is 6.42. The van der Waals surface area contributed by atoms with Gasteiger partial charge in [0, 0.05) is 13.0 Å². The van der Waals surface area contributed by atoms with Crippen molar-refractivity contribution in [2.45, 2.75) is 51.9 Å². The molecule has 0 aliphatic rings. The monoisotopic (exact) mass is 285 g/mol. The number of hydrogen-bond acceptors (Lipinski definition) is 3. The molecule has 0 spiro atoms. The van der Waals surface area contributed by atoms with Gasteiger partial charge in [0.1, 0.15) is 0 Å². The number of carbonyl (C=O) groups excluding carboxylic acids is 1. The summed E-state index contributed by atoms with van der Waals surface area (Å²) in [5, 5.41) is 2.97. The molecule has 0 aromatic rings. The summed E-state index contributed by atoms with van der Waals surface area (Å²) in [5.74, 6) is 0.220. The third-order valence-corrected chi connectivity index (χ3v) is 3.44. The predicted octanol–water partition coefficient (Wildman–Crippen LogP) is 2.35. The molecule has 1 amide bonds. The van der Waals surface area contributed by atoms with Crippen molar-refractivity contribution >= 4 is 5.91 Å². The van der Waals surface area contributed by atoms with Crippen molar-refractivity contribution in [2.24, 2.45) is 0 Å². The van der Waals surface area contributed by atoms with Crippen molar-refractivity contribution in [1.29, 1.82) is 0 Å². The Morgan fingerprint density at radius 1 is 0.900 bits per heavy atom. The van der Waals surface area contributed by atoms with Gasteiger partial charge in [-0.1, -0.05) is 19.8 Å². The van der Waals surface area contributed by atoms with Crippen molar-refractivity contribution < 1.29 is 4.79 Å². The van der Waals surface area contributed by atoms with E-state index >= 15 is 0 Å². The lowest BCUT2D eigenvalue weighted by Gasteiger charge is -2.17. The van der Waals surface area contributed by atoms with Gasteiger partial charge in [0.25, 0.3) is 0 Å². The molecule has 0 saturated carbocycles. The molecular weight excluding hydrogens is 250 g/mol. The Labute approximate surface area is 125 Å². The van der Waals surface area contributed by atoms with Gasteiger partial charge in [-0.05, 0) is 66.5 Å². The van der Waals surface area contributed by atoms with Crippen LogP contribution in [0, 0.1) is 0 Å². The Morgan fingerprint density at radius 3 is 2.25 bits per heavy atom. The number of unbranched alkanes of at least 4 members (excludes halogenated alkanes) is 3. The van der Waals surface area contributed by atoms with Gasteiger partial charge in [-0.15, -0.1) is 0 Å². The number of amides is 1. The van der Waals surface area contributed by atoms with Gasteiger partial charge in [0.05, 0.1) is 0 Å². The van der Waals surface area contributed by atoms with Gasteiger partial charge >= 0.3 is 0 Å². The molecule has 0 bridgehead atoms. The number of nitrogens with one attached hydrogen (secondary N) is 1. The summed E-state index contributed by atoms with van der Waals surface area (Å²) >= 11 is 0. The van der Waals surface area contributed by atoms with Crippen molar-refractivity contribution in [1.82, 2.24) is 15.1 Å². The van der Waals surface area contributed by atoms with E-state index in [0.29, 0.717) is 6.42 Å². The molecule has 120 valence electrons. The average molecular weight is 285 g/mol. The van der Waals surface area contributed by atoms with Crippen LogP contribution < -0.4 is 5.32 Å². The van der Waals surface area contributed by atoms with E-state index < -0.39 is 0 Å². The minimum absolute atomic E-state index is 0.220. The maximum Gasteiger partial charge on any atom is 0.219 e. The van der Waals surface area contributed by atoms with Crippen molar-refractivity contribution in [3.05, 3.63) is 0 Å². The molecule has 0 fully saturated rings. The van der Waals surface area contributed by atoms with Gasteiger partial charge in [0.2, 0.25) is 5.91 Å². The van der Waals surface area contributed by atoms with Crippen LogP contribution in [0.4, 0.5) is 0 Å². The molecule has 0 unspecified atom stereocenters. The highest BCUT2D eigenvalue weighted by Gasteiger charge is 2.02. The van der Waals surface area contributed by atoms with E-state index in [4.69, 9.17) is 0 Å². The predicted molar refractivity (Wildman–Crippen MR) is 87.1 cm³/mol. The summed E-state index contributed by atoms with van der Waals surface area (Å²) in [6, 6.07) is 0. The molecule has 0 saturated heterocycles. The lowest BCUT2D eigenvalue weighted by molar-refractivity contribution is -0.121. The summed E-state index contributed by atoms with van der Waals surface area (Å²) in [6.45, 7) is 6.44. The quantitative estimate of drug-likeness (QED) is 0.528. The van der Waals surface area contributed by atoms with Gasteiger partial charge in [-0.3, -0.25) is 4.79 Å². The van der Waals surface area contributed by atoms with E-state index in [1.807, 2.05) is 0 Å². The summed E-state index contributed by atoms with van der Waals surface area (Å²) in [4.78, 5) is 16.1.